The molecule has 0 heterocycles. The van der Waals surface area contributed by atoms with Gasteiger partial charge < -0.3 is 21.3 Å². The fourth-order valence-corrected chi connectivity index (χ4v) is 3.14. The fourth-order valence-electron chi connectivity index (χ4n) is 3.14. The summed E-state index contributed by atoms with van der Waals surface area (Å²) in [5, 5.41) is 12.9. The van der Waals surface area contributed by atoms with E-state index in [9.17, 15) is 4.79 Å². The Hall–Kier alpha value is -4.25. The molecule has 154 valence electrons. The number of rotatable bonds is 7. The summed E-state index contributed by atoms with van der Waals surface area (Å²) >= 11 is 0. The zero-order valence-corrected chi connectivity index (χ0v) is 17.2. The Bertz CT molecular complexity index is 1120. The Morgan fingerprint density at radius 3 is 1.06 bits per heavy atom. The maximum Gasteiger partial charge on any atom is 0.221 e. The van der Waals surface area contributed by atoms with Crippen LogP contribution in [0.15, 0.2) is 103 Å². The third-order valence-corrected chi connectivity index (χ3v) is 4.61. The second-order valence-corrected chi connectivity index (χ2v) is 7.15. The van der Waals surface area contributed by atoms with Crippen molar-refractivity contribution in [3.63, 3.8) is 0 Å². The molecule has 0 atom stereocenters. The van der Waals surface area contributed by atoms with Crippen LogP contribution in [0.4, 0.5) is 39.8 Å². The minimum absolute atomic E-state index is 0.0779. The van der Waals surface area contributed by atoms with Crippen molar-refractivity contribution in [2.24, 2.45) is 0 Å². The van der Waals surface area contributed by atoms with Crippen LogP contribution in [0.1, 0.15) is 6.92 Å². The highest BCUT2D eigenvalue weighted by Crippen LogP contribution is 2.24. The lowest BCUT2D eigenvalue weighted by molar-refractivity contribution is -0.114. The van der Waals surface area contributed by atoms with E-state index in [1.54, 1.807) is 0 Å². The second kappa shape index (κ2) is 9.50. The van der Waals surface area contributed by atoms with Crippen LogP contribution in [0.3, 0.4) is 0 Å². The van der Waals surface area contributed by atoms with Crippen molar-refractivity contribution in [2.45, 2.75) is 6.92 Å². The van der Waals surface area contributed by atoms with E-state index in [-0.39, 0.29) is 5.91 Å². The summed E-state index contributed by atoms with van der Waals surface area (Å²) in [4.78, 5) is 11.1. The van der Waals surface area contributed by atoms with E-state index in [0.29, 0.717) is 0 Å². The van der Waals surface area contributed by atoms with Gasteiger partial charge in [-0.15, -0.1) is 0 Å². The molecule has 0 aliphatic carbocycles. The van der Waals surface area contributed by atoms with Crippen molar-refractivity contribution in [2.75, 3.05) is 21.3 Å². The Morgan fingerprint density at radius 2 is 0.742 bits per heavy atom. The number of hydrogen-bond acceptors (Lipinski definition) is 4. The lowest BCUT2D eigenvalue weighted by Gasteiger charge is -2.11. The van der Waals surface area contributed by atoms with Gasteiger partial charge in [0.25, 0.3) is 0 Å². The molecule has 0 spiro atoms. The molecule has 4 rings (SSSR count). The highest BCUT2D eigenvalue weighted by molar-refractivity contribution is 5.88. The van der Waals surface area contributed by atoms with E-state index >= 15 is 0 Å². The molecule has 4 aromatic carbocycles. The minimum Gasteiger partial charge on any atom is -0.356 e. The van der Waals surface area contributed by atoms with Gasteiger partial charge in [0.1, 0.15) is 0 Å². The van der Waals surface area contributed by atoms with Gasteiger partial charge >= 0.3 is 0 Å². The van der Waals surface area contributed by atoms with E-state index in [0.717, 1.165) is 39.8 Å². The maximum absolute atomic E-state index is 11.1. The summed E-state index contributed by atoms with van der Waals surface area (Å²) in [6.07, 6.45) is 0. The Kier molecular flexibility index (Phi) is 6.14. The van der Waals surface area contributed by atoms with Crippen molar-refractivity contribution in [1.82, 2.24) is 0 Å². The maximum atomic E-state index is 11.1. The SMILES string of the molecule is CC(=O)Nc1ccc(Nc2ccc(Nc3ccc(Nc4ccccc4)cc3)cc2)cc1. The van der Waals surface area contributed by atoms with Gasteiger partial charge in [-0.3, -0.25) is 4.79 Å². The first-order valence-corrected chi connectivity index (χ1v) is 10.1. The molecule has 0 radical (unpaired) electrons. The average molecular weight is 409 g/mol. The zero-order valence-electron chi connectivity index (χ0n) is 17.2. The van der Waals surface area contributed by atoms with Crippen LogP contribution in [-0.2, 0) is 4.79 Å². The second-order valence-electron chi connectivity index (χ2n) is 7.15. The summed E-state index contributed by atoms with van der Waals surface area (Å²) in [6, 6.07) is 34.0. The summed E-state index contributed by atoms with van der Waals surface area (Å²) < 4.78 is 0. The van der Waals surface area contributed by atoms with Gasteiger partial charge in [0.05, 0.1) is 0 Å². The largest absolute Gasteiger partial charge is 0.356 e. The molecule has 1 amide bonds. The zero-order chi connectivity index (χ0) is 21.5. The molecule has 4 N–H and O–H groups in total. The van der Waals surface area contributed by atoms with Gasteiger partial charge in [-0.2, -0.15) is 0 Å². The van der Waals surface area contributed by atoms with Crippen molar-refractivity contribution in [3.8, 4) is 0 Å². The highest BCUT2D eigenvalue weighted by Gasteiger charge is 2.00. The highest BCUT2D eigenvalue weighted by atomic mass is 16.1. The van der Waals surface area contributed by atoms with E-state index in [1.165, 1.54) is 6.92 Å². The van der Waals surface area contributed by atoms with Gasteiger partial charge in [-0.1, -0.05) is 18.2 Å². The summed E-state index contributed by atoms with van der Waals surface area (Å²) in [5.41, 5.74) is 6.86. The number of hydrogen-bond donors (Lipinski definition) is 4. The number of carbonyl (C=O) groups is 1. The molecule has 5 nitrogen and oxygen atoms in total. The van der Waals surface area contributed by atoms with E-state index < -0.39 is 0 Å². The number of amides is 1. The van der Waals surface area contributed by atoms with Crippen molar-refractivity contribution in [1.29, 1.82) is 0 Å². The molecule has 0 saturated carbocycles. The van der Waals surface area contributed by atoms with Crippen LogP contribution in [0.5, 0.6) is 0 Å². The van der Waals surface area contributed by atoms with E-state index in [1.807, 2.05) is 91.0 Å². The topological polar surface area (TPSA) is 65.2 Å². The number of para-hydroxylation sites is 1. The van der Waals surface area contributed by atoms with Crippen LogP contribution in [0, 0.1) is 0 Å². The van der Waals surface area contributed by atoms with Crippen LogP contribution in [-0.4, -0.2) is 5.91 Å². The van der Waals surface area contributed by atoms with Crippen LogP contribution in [0.2, 0.25) is 0 Å². The summed E-state index contributed by atoms with van der Waals surface area (Å²) in [6.45, 7) is 1.50. The average Bonchev–Trinajstić information content (AvgIpc) is 2.78. The fraction of sp³-hybridized carbons (Fsp3) is 0.0385. The quantitative estimate of drug-likeness (QED) is 0.269. The number of carbonyl (C=O) groups excluding carboxylic acids is 1. The third kappa shape index (κ3) is 5.87. The van der Waals surface area contributed by atoms with Crippen molar-refractivity contribution in [3.05, 3.63) is 103 Å². The molecule has 0 saturated heterocycles. The molecule has 0 bridgehead atoms. The molecule has 0 aliphatic rings. The molecular weight excluding hydrogens is 384 g/mol. The molecular formula is C26H24N4O. The van der Waals surface area contributed by atoms with Gasteiger partial charge in [0.2, 0.25) is 5.91 Å². The van der Waals surface area contributed by atoms with Crippen molar-refractivity contribution >= 4 is 45.7 Å². The molecule has 4 aromatic rings. The Balaban J connectivity index is 1.33. The van der Waals surface area contributed by atoms with Crippen LogP contribution >= 0.6 is 0 Å². The first kappa shape index (κ1) is 20.0. The molecule has 31 heavy (non-hydrogen) atoms. The molecule has 5 heteroatoms. The van der Waals surface area contributed by atoms with Crippen LogP contribution in [0.25, 0.3) is 0 Å². The van der Waals surface area contributed by atoms with E-state index in [4.69, 9.17) is 0 Å². The van der Waals surface area contributed by atoms with E-state index in [2.05, 4.69) is 33.4 Å². The van der Waals surface area contributed by atoms with Gasteiger partial charge in [0, 0.05) is 46.7 Å². The number of anilines is 7. The smallest absolute Gasteiger partial charge is 0.221 e. The molecule has 0 aromatic heterocycles. The first-order chi connectivity index (χ1) is 15.1. The van der Waals surface area contributed by atoms with Crippen LogP contribution < -0.4 is 21.3 Å². The summed E-state index contributed by atoms with van der Waals surface area (Å²) in [5.74, 6) is -0.0779. The monoisotopic (exact) mass is 408 g/mol. The normalized spacial score (nSPS) is 10.2. The number of benzene rings is 4. The Morgan fingerprint density at radius 1 is 0.452 bits per heavy atom. The number of nitrogens with one attached hydrogen (secondary N) is 4. The molecule has 0 aliphatic heterocycles. The first-order valence-electron chi connectivity index (χ1n) is 10.1. The minimum atomic E-state index is -0.0779. The van der Waals surface area contributed by atoms with Gasteiger partial charge in [-0.25, -0.2) is 0 Å². The predicted molar refractivity (Wildman–Crippen MR) is 130 cm³/mol. The Labute approximate surface area is 182 Å². The third-order valence-electron chi connectivity index (χ3n) is 4.61. The standard InChI is InChI=1S/C26H24N4O/c1-19(31)27-21-7-9-23(10-8-21)29-25-15-17-26(18-16-25)30-24-13-11-22(12-14-24)28-20-5-3-2-4-6-20/h2-18,28-30H,1H3,(H,27,31). The molecule has 0 fully saturated rings. The summed E-state index contributed by atoms with van der Waals surface area (Å²) in [7, 11) is 0. The predicted octanol–water partition coefficient (Wildman–Crippen LogP) is 6.88. The lowest BCUT2D eigenvalue weighted by Crippen LogP contribution is -2.05. The lowest BCUT2D eigenvalue weighted by atomic mass is 10.2. The van der Waals surface area contributed by atoms with Crippen molar-refractivity contribution < 1.29 is 4.79 Å². The molecule has 0 unspecified atom stereocenters. The van der Waals surface area contributed by atoms with Gasteiger partial charge in [-0.05, 0) is 84.9 Å². The van der Waals surface area contributed by atoms with Gasteiger partial charge in [0.15, 0.2) is 0 Å².